The number of hydrogen-bond acceptors (Lipinski definition) is 1. The van der Waals surface area contributed by atoms with Crippen LogP contribution in [0, 0.1) is 5.82 Å². The summed E-state index contributed by atoms with van der Waals surface area (Å²) in [4.78, 5) is 14.9. The minimum Gasteiger partial charge on any atom is -0.320 e. The third-order valence-corrected chi connectivity index (χ3v) is 3.81. The van der Waals surface area contributed by atoms with Gasteiger partial charge in [-0.25, -0.2) is 4.39 Å². The number of halogens is 2. The largest absolute Gasteiger partial charge is 0.320 e. The summed E-state index contributed by atoms with van der Waals surface area (Å²) in [6, 6.07) is 13.6. The standard InChI is InChI=1S/C15H9BrFNO/c16-13-12-8-10(17)6-7-11(12)15(19)18-14(13)9-4-2-1-3-5-9/h1-8H,(H,18,19). The number of rotatable bonds is 1. The van der Waals surface area contributed by atoms with Gasteiger partial charge < -0.3 is 4.98 Å². The molecule has 0 bridgehead atoms. The molecule has 1 heterocycles. The molecule has 0 unspecified atom stereocenters. The van der Waals surface area contributed by atoms with Crippen LogP contribution >= 0.6 is 15.9 Å². The predicted molar refractivity (Wildman–Crippen MR) is 77.7 cm³/mol. The van der Waals surface area contributed by atoms with Crippen molar-refractivity contribution in [2.45, 2.75) is 0 Å². The molecule has 3 aromatic rings. The van der Waals surface area contributed by atoms with Crippen LogP contribution in [0.15, 0.2) is 57.8 Å². The Hall–Kier alpha value is -1.94. The van der Waals surface area contributed by atoms with Crippen LogP contribution in [0.1, 0.15) is 0 Å². The maximum atomic E-state index is 13.3. The summed E-state index contributed by atoms with van der Waals surface area (Å²) in [5.41, 5.74) is 1.30. The highest BCUT2D eigenvalue weighted by molar-refractivity contribution is 9.10. The van der Waals surface area contributed by atoms with Gasteiger partial charge in [-0.3, -0.25) is 4.79 Å². The Morgan fingerprint density at radius 3 is 2.47 bits per heavy atom. The van der Waals surface area contributed by atoms with Gasteiger partial charge in [-0.05, 0) is 39.7 Å². The molecule has 0 aliphatic heterocycles. The van der Waals surface area contributed by atoms with Crippen LogP contribution in [0.4, 0.5) is 4.39 Å². The zero-order valence-electron chi connectivity index (χ0n) is 9.78. The molecule has 0 saturated carbocycles. The Balaban J connectivity index is 2.40. The predicted octanol–water partition coefficient (Wildman–Crippen LogP) is 4.10. The quantitative estimate of drug-likeness (QED) is 0.720. The molecule has 0 aliphatic carbocycles. The molecule has 19 heavy (non-hydrogen) atoms. The summed E-state index contributed by atoms with van der Waals surface area (Å²) in [6.45, 7) is 0. The minimum atomic E-state index is -0.363. The molecule has 0 fully saturated rings. The molecule has 1 N–H and O–H groups in total. The molecule has 0 spiro atoms. The van der Waals surface area contributed by atoms with Crippen LogP contribution in [0.25, 0.3) is 22.0 Å². The lowest BCUT2D eigenvalue weighted by Crippen LogP contribution is -2.08. The first-order chi connectivity index (χ1) is 9.16. The average Bonchev–Trinajstić information content (AvgIpc) is 2.43. The van der Waals surface area contributed by atoms with Crippen molar-refractivity contribution in [3.8, 4) is 11.3 Å². The van der Waals surface area contributed by atoms with E-state index in [0.717, 1.165) is 5.56 Å². The van der Waals surface area contributed by atoms with Crippen molar-refractivity contribution in [2.75, 3.05) is 0 Å². The number of benzene rings is 2. The molecule has 3 rings (SSSR count). The Labute approximate surface area is 117 Å². The SMILES string of the molecule is O=c1[nH]c(-c2ccccc2)c(Br)c2cc(F)ccc12. The van der Waals surface area contributed by atoms with Gasteiger partial charge in [-0.2, -0.15) is 0 Å². The van der Waals surface area contributed by atoms with E-state index in [1.807, 2.05) is 30.3 Å². The molecule has 0 aliphatic rings. The van der Waals surface area contributed by atoms with Gasteiger partial charge in [-0.1, -0.05) is 30.3 Å². The first-order valence-electron chi connectivity index (χ1n) is 5.73. The number of fused-ring (bicyclic) bond motifs is 1. The van der Waals surface area contributed by atoms with Gasteiger partial charge in [0.25, 0.3) is 5.56 Å². The lowest BCUT2D eigenvalue weighted by Gasteiger charge is -2.08. The fourth-order valence-electron chi connectivity index (χ4n) is 2.07. The van der Waals surface area contributed by atoms with E-state index in [-0.39, 0.29) is 11.4 Å². The molecule has 94 valence electrons. The highest BCUT2D eigenvalue weighted by atomic mass is 79.9. The molecule has 0 radical (unpaired) electrons. The molecule has 2 nitrogen and oxygen atoms in total. The monoisotopic (exact) mass is 317 g/mol. The Morgan fingerprint density at radius 2 is 1.74 bits per heavy atom. The third-order valence-electron chi connectivity index (χ3n) is 2.98. The fourth-order valence-corrected chi connectivity index (χ4v) is 2.73. The summed E-state index contributed by atoms with van der Waals surface area (Å²) in [5, 5.41) is 1.04. The Morgan fingerprint density at radius 1 is 1.00 bits per heavy atom. The van der Waals surface area contributed by atoms with E-state index in [2.05, 4.69) is 20.9 Å². The number of H-pyrrole nitrogens is 1. The fraction of sp³-hybridized carbons (Fsp3) is 0. The van der Waals surface area contributed by atoms with E-state index < -0.39 is 0 Å². The molecular weight excluding hydrogens is 309 g/mol. The van der Waals surface area contributed by atoms with Gasteiger partial charge in [-0.15, -0.1) is 0 Å². The summed E-state index contributed by atoms with van der Waals surface area (Å²) >= 11 is 3.45. The van der Waals surface area contributed by atoms with Crippen molar-refractivity contribution in [1.82, 2.24) is 4.98 Å². The highest BCUT2D eigenvalue weighted by Crippen LogP contribution is 2.31. The van der Waals surface area contributed by atoms with Crippen LogP contribution < -0.4 is 5.56 Å². The second-order valence-electron chi connectivity index (χ2n) is 4.20. The molecule has 0 atom stereocenters. The van der Waals surface area contributed by atoms with E-state index in [1.165, 1.54) is 18.2 Å². The topological polar surface area (TPSA) is 32.9 Å². The lowest BCUT2D eigenvalue weighted by atomic mass is 10.1. The van der Waals surface area contributed by atoms with Gasteiger partial charge in [0.05, 0.1) is 5.69 Å². The third kappa shape index (κ3) is 2.08. The number of aromatic amines is 1. The van der Waals surface area contributed by atoms with E-state index in [9.17, 15) is 9.18 Å². The van der Waals surface area contributed by atoms with Crippen molar-refractivity contribution in [3.63, 3.8) is 0 Å². The van der Waals surface area contributed by atoms with Crippen LogP contribution in [0.2, 0.25) is 0 Å². The van der Waals surface area contributed by atoms with Gasteiger partial charge in [0.15, 0.2) is 0 Å². The lowest BCUT2D eigenvalue weighted by molar-refractivity contribution is 0.629. The molecule has 4 heteroatoms. The van der Waals surface area contributed by atoms with Gasteiger partial charge in [0, 0.05) is 15.2 Å². The van der Waals surface area contributed by atoms with Crippen LogP contribution in [0.5, 0.6) is 0 Å². The normalized spacial score (nSPS) is 10.8. The average molecular weight is 318 g/mol. The van der Waals surface area contributed by atoms with Gasteiger partial charge >= 0.3 is 0 Å². The van der Waals surface area contributed by atoms with Crippen molar-refractivity contribution in [1.29, 1.82) is 0 Å². The first kappa shape index (κ1) is 12.1. The van der Waals surface area contributed by atoms with Crippen molar-refractivity contribution in [2.24, 2.45) is 0 Å². The molecule has 2 aromatic carbocycles. The summed E-state index contributed by atoms with van der Waals surface area (Å²) in [5.74, 6) is -0.363. The smallest absolute Gasteiger partial charge is 0.256 e. The number of nitrogens with one attached hydrogen (secondary N) is 1. The van der Waals surface area contributed by atoms with Crippen molar-refractivity contribution < 1.29 is 4.39 Å². The van der Waals surface area contributed by atoms with E-state index in [1.54, 1.807) is 0 Å². The second kappa shape index (κ2) is 4.63. The minimum absolute atomic E-state index is 0.225. The zero-order valence-corrected chi connectivity index (χ0v) is 11.4. The van der Waals surface area contributed by atoms with Crippen LogP contribution in [0.3, 0.4) is 0 Å². The van der Waals surface area contributed by atoms with E-state index >= 15 is 0 Å². The van der Waals surface area contributed by atoms with Crippen molar-refractivity contribution >= 4 is 26.7 Å². The number of pyridine rings is 1. The molecular formula is C15H9BrFNO. The first-order valence-corrected chi connectivity index (χ1v) is 6.52. The van der Waals surface area contributed by atoms with Crippen LogP contribution in [-0.4, -0.2) is 4.98 Å². The molecule has 0 amide bonds. The summed E-state index contributed by atoms with van der Waals surface area (Å²) < 4.78 is 14.0. The molecule has 1 aromatic heterocycles. The summed E-state index contributed by atoms with van der Waals surface area (Å²) in [6.07, 6.45) is 0. The number of aromatic nitrogens is 1. The van der Waals surface area contributed by atoms with E-state index in [4.69, 9.17) is 0 Å². The highest BCUT2D eigenvalue weighted by Gasteiger charge is 2.11. The zero-order chi connectivity index (χ0) is 13.4. The molecule has 0 saturated heterocycles. The maximum absolute atomic E-state index is 13.3. The Kier molecular flexibility index (Phi) is 2.95. The maximum Gasteiger partial charge on any atom is 0.256 e. The van der Waals surface area contributed by atoms with Crippen LogP contribution in [-0.2, 0) is 0 Å². The number of hydrogen-bond donors (Lipinski definition) is 1. The summed E-state index contributed by atoms with van der Waals surface area (Å²) in [7, 11) is 0. The van der Waals surface area contributed by atoms with Gasteiger partial charge in [0.1, 0.15) is 5.82 Å². The Bertz CT molecular complexity index is 811. The van der Waals surface area contributed by atoms with Gasteiger partial charge in [0.2, 0.25) is 0 Å². The van der Waals surface area contributed by atoms with Crippen molar-refractivity contribution in [3.05, 3.63) is 69.2 Å². The second-order valence-corrected chi connectivity index (χ2v) is 4.99. The van der Waals surface area contributed by atoms with E-state index in [0.29, 0.717) is 20.9 Å².